The van der Waals surface area contributed by atoms with Gasteiger partial charge in [-0.15, -0.1) is 0 Å². The number of hydrogen-bond acceptors (Lipinski definition) is 3. The Labute approximate surface area is 123 Å². The normalized spacial score (nSPS) is 10.7. The van der Waals surface area contributed by atoms with Crippen molar-refractivity contribution < 1.29 is 14.7 Å². The highest BCUT2D eigenvalue weighted by Gasteiger charge is 2.13. The smallest absolute Gasteiger partial charge is 0.303 e. The Kier molecular flexibility index (Phi) is 5.04. The fourth-order valence-corrected chi connectivity index (χ4v) is 2.52. The van der Waals surface area contributed by atoms with Crippen LogP contribution in [0.1, 0.15) is 48.5 Å². The Morgan fingerprint density at radius 1 is 1.14 bits per heavy atom. The van der Waals surface area contributed by atoms with Crippen LogP contribution in [0.5, 0.6) is 0 Å². The number of rotatable bonds is 7. The monoisotopic (exact) mass is 285 g/mol. The van der Waals surface area contributed by atoms with Crippen molar-refractivity contribution in [1.29, 1.82) is 0 Å². The van der Waals surface area contributed by atoms with Crippen LogP contribution in [0.3, 0.4) is 0 Å². The molecule has 1 aromatic carbocycles. The van der Waals surface area contributed by atoms with Crippen LogP contribution < -0.4 is 0 Å². The first kappa shape index (κ1) is 15.2. The summed E-state index contributed by atoms with van der Waals surface area (Å²) < 4.78 is 0. The van der Waals surface area contributed by atoms with Gasteiger partial charge in [0.1, 0.15) is 0 Å². The summed E-state index contributed by atoms with van der Waals surface area (Å²) in [5.41, 5.74) is 1.80. The summed E-state index contributed by atoms with van der Waals surface area (Å²) >= 11 is 0. The molecule has 1 aromatic heterocycles. The molecule has 0 aliphatic rings. The Hall–Kier alpha value is -2.23. The average molecular weight is 285 g/mol. The third-order valence-corrected chi connectivity index (χ3v) is 3.60. The summed E-state index contributed by atoms with van der Waals surface area (Å²) in [6.45, 7) is 2.07. The number of unbranched alkanes of at least 4 members (excludes halogenated alkanes) is 1. The molecule has 0 saturated heterocycles. The van der Waals surface area contributed by atoms with E-state index < -0.39 is 5.97 Å². The van der Waals surface area contributed by atoms with E-state index in [9.17, 15) is 9.59 Å². The number of nitrogens with zero attached hydrogens (tertiary/aromatic N) is 1. The molecule has 0 radical (unpaired) electrons. The van der Waals surface area contributed by atoms with E-state index in [4.69, 9.17) is 5.11 Å². The predicted octanol–water partition coefficient (Wildman–Crippen LogP) is 3.62. The Balaban J connectivity index is 2.21. The lowest BCUT2D eigenvalue weighted by atomic mass is 9.96. The van der Waals surface area contributed by atoms with E-state index in [-0.39, 0.29) is 12.2 Å². The number of Topliss-reactive ketones (excluding diaryl/α,β-unsaturated/α-hetero) is 1. The van der Waals surface area contributed by atoms with Gasteiger partial charge in [0.2, 0.25) is 0 Å². The zero-order valence-electron chi connectivity index (χ0n) is 12.1. The molecule has 110 valence electrons. The maximum Gasteiger partial charge on any atom is 0.303 e. The molecule has 0 amide bonds. The maximum absolute atomic E-state index is 12.4. The van der Waals surface area contributed by atoms with Gasteiger partial charge in [-0.2, -0.15) is 0 Å². The zero-order chi connectivity index (χ0) is 15.2. The van der Waals surface area contributed by atoms with E-state index in [1.807, 2.05) is 18.2 Å². The lowest BCUT2D eigenvalue weighted by molar-refractivity contribution is -0.137. The molecule has 0 fully saturated rings. The van der Waals surface area contributed by atoms with Gasteiger partial charge in [-0.1, -0.05) is 25.1 Å². The van der Waals surface area contributed by atoms with Gasteiger partial charge in [0, 0.05) is 36.2 Å². The summed E-state index contributed by atoms with van der Waals surface area (Å²) in [7, 11) is 0. The van der Waals surface area contributed by atoms with Crippen molar-refractivity contribution in [2.24, 2.45) is 0 Å². The van der Waals surface area contributed by atoms with Crippen molar-refractivity contribution in [3.63, 3.8) is 0 Å². The molecule has 0 bridgehead atoms. The molecule has 0 saturated carbocycles. The topological polar surface area (TPSA) is 67.3 Å². The van der Waals surface area contributed by atoms with Crippen molar-refractivity contribution in [2.75, 3.05) is 0 Å². The summed E-state index contributed by atoms with van der Waals surface area (Å²) in [5, 5.41) is 10.6. The molecular weight excluding hydrogens is 266 g/mol. The highest BCUT2D eigenvalue weighted by atomic mass is 16.4. The zero-order valence-corrected chi connectivity index (χ0v) is 12.1. The van der Waals surface area contributed by atoms with Crippen molar-refractivity contribution >= 4 is 22.5 Å². The van der Waals surface area contributed by atoms with Crippen LogP contribution in [0, 0.1) is 0 Å². The second-order valence-corrected chi connectivity index (χ2v) is 5.08. The van der Waals surface area contributed by atoms with Gasteiger partial charge in [0.05, 0.1) is 0 Å². The van der Waals surface area contributed by atoms with E-state index in [0.29, 0.717) is 24.8 Å². The number of fused-ring (bicyclic) bond motifs is 1. The lowest BCUT2D eigenvalue weighted by Crippen LogP contribution is -2.03. The van der Waals surface area contributed by atoms with E-state index in [2.05, 4.69) is 11.9 Å². The molecule has 0 aliphatic heterocycles. The van der Waals surface area contributed by atoms with Gasteiger partial charge in [0.25, 0.3) is 0 Å². The number of benzene rings is 1. The van der Waals surface area contributed by atoms with Crippen molar-refractivity contribution in [3.05, 3.63) is 41.7 Å². The molecule has 1 N–H and O–H groups in total. The largest absolute Gasteiger partial charge is 0.481 e. The fraction of sp³-hybridized carbons (Fsp3) is 0.353. The van der Waals surface area contributed by atoms with Gasteiger partial charge in [0.15, 0.2) is 5.78 Å². The standard InChI is InChI=1S/C17H19NO3/c1-2-12-6-5-7-13-10-18-11-14(17(12)13)15(19)8-3-4-9-16(20)21/h5-7,10-11H,2-4,8-9H2,1H3,(H,20,21). The van der Waals surface area contributed by atoms with E-state index in [1.165, 1.54) is 0 Å². The molecule has 4 heteroatoms. The van der Waals surface area contributed by atoms with Crippen molar-refractivity contribution in [2.45, 2.75) is 39.0 Å². The van der Waals surface area contributed by atoms with Crippen molar-refractivity contribution in [1.82, 2.24) is 4.98 Å². The number of carboxylic acid groups (broad SMARTS) is 1. The van der Waals surface area contributed by atoms with Gasteiger partial charge in [-0.05, 0) is 30.2 Å². The van der Waals surface area contributed by atoms with E-state index in [0.717, 1.165) is 22.8 Å². The third-order valence-electron chi connectivity index (χ3n) is 3.60. The first-order chi connectivity index (χ1) is 10.1. The first-order valence-corrected chi connectivity index (χ1v) is 7.24. The Morgan fingerprint density at radius 2 is 1.90 bits per heavy atom. The predicted molar refractivity (Wildman–Crippen MR) is 81.6 cm³/mol. The summed E-state index contributed by atoms with van der Waals surface area (Å²) in [4.78, 5) is 27.0. The number of carbonyl (C=O) groups is 2. The Bertz CT molecular complexity index is 659. The molecule has 1 heterocycles. The van der Waals surface area contributed by atoms with Crippen LogP contribution in [-0.2, 0) is 11.2 Å². The van der Waals surface area contributed by atoms with Crippen LogP contribution in [0.2, 0.25) is 0 Å². The molecule has 0 unspecified atom stereocenters. The molecule has 0 aliphatic carbocycles. The van der Waals surface area contributed by atoms with Crippen LogP contribution >= 0.6 is 0 Å². The van der Waals surface area contributed by atoms with Gasteiger partial charge >= 0.3 is 5.97 Å². The number of aryl methyl sites for hydroxylation is 1. The maximum atomic E-state index is 12.4. The number of aliphatic carboxylic acids is 1. The van der Waals surface area contributed by atoms with Gasteiger partial charge in [-0.3, -0.25) is 14.6 Å². The minimum absolute atomic E-state index is 0.0411. The molecule has 2 rings (SSSR count). The number of carboxylic acids is 1. The Morgan fingerprint density at radius 3 is 2.62 bits per heavy atom. The van der Waals surface area contributed by atoms with Gasteiger partial charge < -0.3 is 5.11 Å². The number of pyridine rings is 1. The average Bonchev–Trinajstić information content (AvgIpc) is 2.49. The SMILES string of the molecule is CCc1cccc2cncc(C(=O)CCCCC(=O)O)c12. The molecule has 0 atom stereocenters. The molecule has 21 heavy (non-hydrogen) atoms. The van der Waals surface area contributed by atoms with E-state index in [1.54, 1.807) is 12.4 Å². The second kappa shape index (κ2) is 6.97. The van der Waals surface area contributed by atoms with Gasteiger partial charge in [-0.25, -0.2) is 0 Å². The molecule has 2 aromatic rings. The van der Waals surface area contributed by atoms with Crippen LogP contribution in [0.15, 0.2) is 30.6 Å². The molecule has 0 spiro atoms. The highest BCUT2D eigenvalue weighted by molar-refractivity contribution is 6.08. The van der Waals surface area contributed by atoms with Crippen LogP contribution in [0.4, 0.5) is 0 Å². The summed E-state index contributed by atoms with van der Waals surface area (Å²) in [6.07, 6.45) is 5.86. The van der Waals surface area contributed by atoms with Crippen LogP contribution in [0.25, 0.3) is 10.8 Å². The quantitative estimate of drug-likeness (QED) is 0.623. The van der Waals surface area contributed by atoms with E-state index >= 15 is 0 Å². The highest BCUT2D eigenvalue weighted by Crippen LogP contribution is 2.24. The minimum atomic E-state index is -0.817. The number of carbonyl (C=O) groups excluding carboxylic acids is 1. The molecular formula is C17H19NO3. The van der Waals surface area contributed by atoms with Crippen molar-refractivity contribution in [3.8, 4) is 0 Å². The number of ketones is 1. The number of aromatic nitrogens is 1. The number of hydrogen-bond donors (Lipinski definition) is 1. The summed E-state index contributed by atoms with van der Waals surface area (Å²) in [5.74, 6) is -0.776. The first-order valence-electron chi connectivity index (χ1n) is 7.24. The third kappa shape index (κ3) is 3.66. The minimum Gasteiger partial charge on any atom is -0.481 e. The fourth-order valence-electron chi connectivity index (χ4n) is 2.52. The second-order valence-electron chi connectivity index (χ2n) is 5.08. The lowest BCUT2D eigenvalue weighted by Gasteiger charge is -2.09. The molecule has 4 nitrogen and oxygen atoms in total. The van der Waals surface area contributed by atoms with Crippen LogP contribution in [-0.4, -0.2) is 21.8 Å². The summed E-state index contributed by atoms with van der Waals surface area (Å²) in [6, 6.07) is 5.97.